The number of anilines is 1. The first-order chi connectivity index (χ1) is 13.1. The van der Waals surface area contributed by atoms with Gasteiger partial charge in [0.2, 0.25) is 0 Å². The van der Waals surface area contributed by atoms with Gasteiger partial charge in [-0.1, -0.05) is 25.5 Å². The van der Waals surface area contributed by atoms with Gasteiger partial charge in [0, 0.05) is 17.1 Å². The molecule has 1 heterocycles. The van der Waals surface area contributed by atoms with Gasteiger partial charge < -0.3 is 14.5 Å². The van der Waals surface area contributed by atoms with Crippen LogP contribution in [-0.2, 0) is 6.42 Å². The third-order valence-corrected chi connectivity index (χ3v) is 4.29. The van der Waals surface area contributed by atoms with Gasteiger partial charge in [0.15, 0.2) is 0 Å². The zero-order valence-electron chi connectivity index (χ0n) is 15.6. The van der Waals surface area contributed by atoms with Crippen molar-refractivity contribution in [3.8, 4) is 5.75 Å². The SMILES string of the molecule is CCCCc1ccc(NC(=O)c2cc3ccc(OCC)cc3oc2=O)cc1. The topological polar surface area (TPSA) is 68.5 Å². The summed E-state index contributed by atoms with van der Waals surface area (Å²) in [5.74, 6) is 0.134. The second-order valence-corrected chi connectivity index (χ2v) is 6.33. The van der Waals surface area contributed by atoms with Gasteiger partial charge in [-0.2, -0.15) is 0 Å². The molecule has 27 heavy (non-hydrogen) atoms. The van der Waals surface area contributed by atoms with Crippen molar-refractivity contribution in [3.05, 3.63) is 70.1 Å². The Morgan fingerprint density at radius 3 is 2.56 bits per heavy atom. The van der Waals surface area contributed by atoms with Crippen molar-refractivity contribution in [2.24, 2.45) is 0 Å². The summed E-state index contributed by atoms with van der Waals surface area (Å²) >= 11 is 0. The summed E-state index contributed by atoms with van der Waals surface area (Å²) in [4.78, 5) is 24.7. The summed E-state index contributed by atoms with van der Waals surface area (Å²) in [6.45, 7) is 4.55. The number of aryl methyl sites for hydroxylation is 1. The Hall–Kier alpha value is -3.08. The van der Waals surface area contributed by atoms with Crippen molar-refractivity contribution in [1.82, 2.24) is 0 Å². The van der Waals surface area contributed by atoms with Gasteiger partial charge in [0.25, 0.3) is 5.91 Å². The van der Waals surface area contributed by atoms with E-state index in [2.05, 4.69) is 12.2 Å². The molecule has 0 saturated carbocycles. The van der Waals surface area contributed by atoms with Gasteiger partial charge in [-0.15, -0.1) is 0 Å². The summed E-state index contributed by atoms with van der Waals surface area (Å²) in [5, 5.41) is 3.42. The second-order valence-electron chi connectivity index (χ2n) is 6.33. The van der Waals surface area contributed by atoms with Crippen LogP contribution < -0.4 is 15.7 Å². The molecule has 5 heteroatoms. The van der Waals surface area contributed by atoms with Crippen LogP contribution in [0.2, 0.25) is 0 Å². The van der Waals surface area contributed by atoms with E-state index in [0.29, 0.717) is 29.0 Å². The van der Waals surface area contributed by atoms with E-state index in [1.807, 2.05) is 31.2 Å². The highest BCUT2D eigenvalue weighted by Crippen LogP contribution is 2.21. The van der Waals surface area contributed by atoms with Gasteiger partial charge in [-0.25, -0.2) is 4.79 Å². The Kier molecular flexibility index (Phi) is 5.91. The molecular weight excluding hydrogens is 342 g/mol. The van der Waals surface area contributed by atoms with Crippen molar-refractivity contribution in [1.29, 1.82) is 0 Å². The van der Waals surface area contributed by atoms with E-state index in [-0.39, 0.29) is 5.56 Å². The number of rotatable bonds is 7. The van der Waals surface area contributed by atoms with Crippen molar-refractivity contribution in [2.75, 3.05) is 11.9 Å². The van der Waals surface area contributed by atoms with Crippen LogP contribution in [0.5, 0.6) is 5.75 Å². The number of hydrogen-bond acceptors (Lipinski definition) is 4. The van der Waals surface area contributed by atoms with Gasteiger partial charge in [-0.3, -0.25) is 4.79 Å². The van der Waals surface area contributed by atoms with E-state index >= 15 is 0 Å². The van der Waals surface area contributed by atoms with E-state index < -0.39 is 11.5 Å². The molecule has 0 fully saturated rings. The molecular formula is C22H23NO4. The number of unbranched alkanes of at least 4 members (excludes halogenated alkanes) is 1. The lowest BCUT2D eigenvalue weighted by atomic mass is 10.1. The number of carbonyl (C=O) groups excluding carboxylic acids is 1. The van der Waals surface area contributed by atoms with Crippen LogP contribution in [0.1, 0.15) is 42.6 Å². The molecule has 0 radical (unpaired) electrons. The van der Waals surface area contributed by atoms with Crippen LogP contribution in [0.15, 0.2) is 57.7 Å². The zero-order chi connectivity index (χ0) is 19.2. The van der Waals surface area contributed by atoms with Crippen molar-refractivity contribution in [3.63, 3.8) is 0 Å². The highest BCUT2D eigenvalue weighted by atomic mass is 16.5. The fourth-order valence-electron chi connectivity index (χ4n) is 2.84. The molecule has 1 amide bonds. The predicted octanol–water partition coefficient (Wildman–Crippen LogP) is 4.79. The summed E-state index contributed by atoms with van der Waals surface area (Å²) in [6.07, 6.45) is 3.29. The van der Waals surface area contributed by atoms with E-state index in [9.17, 15) is 9.59 Å². The number of fused-ring (bicyclic) bond motifs is 1. The minimum Gasteiger partial charge on any atom is -0.494 e. The molecule has 0 saturated heterocycles. The van der Waals surface area contributed by atoms with Crippen LogP contribution in [-0.4, -0.2) is 12.5 Å². The number of nitrogens with one attached hydrogen (secondary N) is 1. The summed E-state index contributed by atoms with van der Waals surface area (Å²) in [5.41, 5.74) is 1.56. The Morgan fingerprint density at radius 1 is 1.07 bits per heavy atom. The first-order valence-corrected chi connectivity index (χ1v) is 9.21. The number of ether oxygens (including phenoxy) is 1. The fourth-order valence-corrected chi connectivity index (χ4v) is 2.84. The van der Waals surface area contributed by atoms with Crippen LogP contribution in [0.3, 0.4) is 0 Å². The lowest BCUT2D eigenvalue weighted by molar-refractivity contribution is 0.102. The maximum absolute atomic E-state index is 12.5. The van der Waals surface area contributed by atoms with Gasteiger partial charge in [0.1, 0.15) is 16.9 Å². The quantitative estimate of drug-likeness (QED) is 0.612. The molecule has 140 valence electrons. The lowest BCUT2D eigenvalue weighted by Gasteiger charge is -2.07. The minimum absolute atomic E-state index is 0.0262. The second kappa shape index (κ2) is 8.54. The maximum Gasteiger partial charge on any atom is 0.349 e. The van der Waals surface area contributed by atoms with Gasteiger partial charge in [-0.05, 0) is 55.7 Å². The molecule has 0 aliphatic rings. The largest absolute Gasteiger partial charge is 0.494 e. The van der Waals surface area contributed by atoms with Crippen LogP contribution in [0.25, 0.3) is 11.0 Å². The molecule has 0 bridgehead atoms. The average molecular weight is 365 g/mol. The third-order valence-electron chi connectivity index (χ3n) is 4.29. The number of amides is 1. The molecule has 0 aliphatic carbocycles. The van der Waals surface area contributed by atoms with Crippen molar-refractivity contribution in [2.45, 2.75) is 33.1 Å². The fraction of sp³-hybridized carbons (Fsp3) is 0.273. The molecule has 1 aromatic heterocycles. The first kappa shape index (κ1) is 18.7. The van der Waals surface area contributed by atoms with Crippen LogP contribution >= 0.6 is 0 Å². The Balaban J connectivity index is 1.79. The maximum atomic E-state index is 12.5. The first-order valence-electron chi connectivity index (χ1n) is 9.21. The zero-order valence-corrected chi connectivity index (χ0v) is 15.6. The number of benzene rings is 2. The van der Waals surface area contributed by atoms with E-state index in [4.69, 9.17) is 9.15 Å². The highest BCUT2D eigenvalue weighted by Gasteiger charge is 2.14. The van der Waals surface area contributed by atoms with Crippen molar-refractivity contribution >= 4 is 22.6 Å². The van der Waals surface area contributed by atoms with Gasteiger partial charge in [0.05, 0.1) is 6.61 Å². The van der Waals surface area contributed by atoms with Crippen LogP contribution in [0.4, 0.5) is 5.69 Å². The lowest BCUT2D eigenvalue weighted by Crippen LogP contribution is -2.20. The van der Waals surface area contributed by atoms with E-state index in [1.54, 1.807) is 24.3 Å². The molecule has 1 N–H and O–H groups in total. The van der Waals surface area contributed by atoms with E-state index in [1.165, 1.54) is 5.56 Å². The average Bonchev–Trinajstić information content (AvgIpc) is 2.67. The smallest absolute Gasteiger partial charge is 0.349 e. The summed E-state index contributed by atoms with van der Waals surface area (Å²) < 4.78 is 10.7. The Morgan fingerprint density at radius 2 is 1.85 bits per heavy atom. The summed E-state index contributed by atoms with van der Waals surface area (Å²) in [6, 6.07) is 14.4. The Bertz CT molecular complexity index is 989. The van der Waals surface area contributed by atoms with Gasteiger partial charge >= 0.3 is 5.63 Å². The highest BCUT2D eigenvalue weighted by molar-refractivity contribution is 6.05. The Labute approximate surface area is 158 Å². The third kappa shape index (κ3) is 4.56. The van der Waals surface area contributed by atoms with Crippen LogP contribution in [0, 0.1) is 0 Å². The van der Waals surface area contributed by atoms with Crippen molar-refractivity contribution < 1.29 is 13.9 Å². The molecule has 0 unspecified atom stereocenters. The minimum atomic E-state index is -0.673. The summed E-state index contributed by atoms with van der Waals surface area (Å²) in [7, 11) is 0. The number of carbonyl (C=O) groups is 1. The monoisotopic (exact) mass is 365 g/mol. The molecule has 3 rings (SSSR count). The molecule has 2 aromatic carbocycles. The normalized spacial score (nSPS) is 10.7. The molecule has 0 spiro atoms. The molecule has 5 nitrogen and oxygen atoms in total. The standard InChI is InChI=1S/C22H23NO4/c1-3-5-6-15-7-10-17(11-8-15)23-21(24)19-13-16-9-12-18(26-4-2)14-20(16)27-22(19)25/h7-14H,3-6H2,1-2H3,(H,23,24). The molecule has 0 atom stereocenters. The predicted molar refractivity (Wildman–Crippen MR) is 107 cm³/mol. The number of hydrogen-bond donors (Lipinski definition) is 1. The molecule has 3 aromatic rings. The van der Waals surface area contributed by atoms with E-state index in [0.717, 1.165) is 19.3 Å². The molecule has 0 aliphatic heterocycles.